The van der Waals surface area contributed by atoms with E-state index < -0.39 is 0 Å². The van der Waals surface area contributed by atoms with Gasteiger partial charge in [-0.15, -0.1) is 0 Å². The van der Waals surface area contributed by atoms with Gasteiger partial charge in [0.25, 0.3) is 0 Å². The molecule has 0 saturated carbocycles. The molecule has 1 saturated heterocycles. The van der Waals surface area contributed by atoms with Gasteiger partial charge in [-0.05, 0) is 28.8 Å². The summed E-state index contributed by atoms with van der Waals surface area (Å²) in [6.07, 6.45) is 6.17. The summed E-state index contributed by atoms with van der Waals surface area (Å²) in [6.45, 7) is 5.03. The lowest BCUT2D eigenvalue weighted by Crippen LogP contribution is -2.47. The first-order chi connectivity index (χ1) is 18.1. The first kappa shape index (κ1) is 24.1. The summed E-state index contributed by atoms with van der Waals surface area (Å²) in [5, 5.41) is 6.04. The molecule has 10 heteroatoms. The summed E-state index contributed by atoms with van der Waals surface area (Å²) in [6, 6.07) is 18.1. The number of amides is 1. The Kier molecular flexibility index (Phi) is 7.44. The first-order valence-electron chi connectivity index (χ1n) is 12.3. The molecule has 3 heterocycles. The first-order valence-corrected chi connectivity index (χ1v) is 12.3. The molecule has 1 fully saturated rings. The Morgan fingerprint density at radius 1 is 0.811 bits per heavy atom. The molecule has 188 valence electrons. The Bertz CT molecular complexity index is 1320. The van der Waals surface area contributed by atoms with Crippen LogP contribution in [0.1, 0.15) is 23.6 Å². The minimum Gasteiger partial charge on any atom is -0.352 e. The topological polar surface area (TPSA) is 112 Å². The third-order valence-corrected chi connectivity index (χ3v) is 6.07. The lowest BCUT2D eigenvalue weighted by Gasteiger charge is -2.34. The normalized spacial score (nSPS) is 13.3. The fraction of sp³-hybridized carbons (Fsp3) is 0.259. The van der Waals surface area contributed by atoms with Crippen LogP contribution in [-0.4, -0.2) is 57.0 Å². The summed E-state index contributed by atoms with van der Waals surface area (Å²) in [5.41, 5.74) is 4.18. The van der Waals surface area contributed by atoms with Crippen LogP contribution < -0.4 is 20.4 Å². The molecule has 1 aliphatic heterocycles. The van der Waals surface area contributed by atoms with Gasteiger partial charge in [-0.25, -0.2) is 19.9 Å². The molecule has 0 radical (unpaired) electrons. The van der Waals surface area contributed by atoms with E-state index in [1.165, 1.54) is 18.8 Å². The second-order valence-corrected chi connectivity index (χ2v) is 8.87. The van der Waals surface area contributed by atoms with E-state index in [0.29, 0.717) is 18.4 Å². The van der Waals surface area contributed by atoms with Gasteiger partial charge in [0, 0.05) is 64.1 Å². The number of aromatic nitrogens is 5. The molecule has 2 aromatic heterocycles. The van der Waals surface area contributed by atoms with Crippen LogP contribution in [0.5, 0.6) is 0 Å². The third-order valence-electron chi connectivity index (χ3n) is 6.07. The van der Waals surface area contributed by atoms with Gasteiger partial charge in [0.05, 0.1) is 0 Å². The van der Waals surface area contributed by atoms with Gasteiger partial charge in [-0.3, -0.25) is 4.79 Å². The summed E-state index contributed by atoms with van der Waals surface area (Å²) in [4.78, 5) is 38.0. The van der Waals surface area contributed by atoms with Gasteiger partial charge in [-0.2, -0.15) is 4.98 Å². The van der Waals surface area contributed by atoms with Crippen molar-refractivity contribution in [3.63, 3.8) is 0 Å². The highest BCUT2D eigenvalue weighted by atomic mass is 16.1. The maximum atomic E-state index is 11.2. The molecular formula is C27H29N9O. The second kappa shape index (κ2) is 11.4. The molecule has 0 unspecified atom stereocenters. The number of nitrogens with one attached hydrogen (secondary N) is 2. The lowest BCUT2D eigenvalue weighted by atomic mass is 10.1. The van der Waals surface area contributed by atoms with Gasteiger partial charge < -0.3 is 20.4 Å². The number of nitrogens with zero attached hydrogens (tertiary/aromatic N) is 7. The number of benzene rings is 2. The number of rotatable bonds is 8. The molecule has 2 aromatic carbocycles. The van der Waals surface area contributed by atoms with Gasteiger partial charge in [0.1, 0.15) is 6.33 Å². The standard InChI is InChI=1S/C27H29N9O/c1-20(37)28-16-22-8-5-9-24(15-22)33-25-31-19-32-27(34-25)36-12-10-35(11-13-36)26-29-17-23(18-30-26)14-21-6-3-2-4-7-21/h2-9,15,17-19H,10-14,16H2,1H3,(H,28,37)(H,31,32,33,34). The van der Waals surface area contributed by atoms with Crippen molar-refractivity contribution in [3.05, 3.63) is 90.0 Å². The van der Waals surface area contributed by atoms with E-state index >= 15 is 0 Å². The second-order valence-electron chi connectivity index (χ2n) is 8.87. The molecular weight excluding hydrogens is 466 g/mol. The van der Waals surface area contributed by atoms with Crippen LogP contribution in [0.2, 0.25) is 0 Å². The summed E-state index contributed by atoms with van der Waals surface area (Å²) >= 11 is 0. The maximum Gasteiger partial charge on any atom is 0.231 e. The van der Waals surface area contributed by atoms with Crippen molar-refractivity contribution < 1.29 is 4.79 Å². The molecule has 0 aliphatic carbocycles. The average Bonchev–Trinajstić information content (AvgIpc) is 2.93. The van der Waals surface area contributed by atoms with Crippen molar-refractivity contribution in [3.8, 4) is 0 Å². The van der Waals surface area contributed by atoms with E-state index in [4.69, 9.17) is 0 Å². The number of carbonyl (C=O) groups excluding carboxylic acids is 1. The molecule has 2 N–H and O–H groups in total. The lowest BCUT2D eigenvalue weighted by molar-refractivity contribution is -0.119. The van der Waals surface area contributed by atoms with Gasteiger partial charge in [0.15, 0.2) is 0 Å². The van der Waals surface area contributed by atoms with Gasteiger partial charge in [0.2, 0.25) is 23.8 Å². The molecule has 0 atom stereocenters. The highest BCUT2D eigenvalue weighted by molar-refractivity contribution is 5.72. The fourth-order valence-electron chi connectivity index (χ4n) is 4.16. The van der Waals surface area contributed by atoms with E-state index in [0.717, 1.165) is 55.4 Å². The van der Waals surface area contributed by atoms with Crippen LogP contribution in [0.4, 0.5) is 23.5 Å². The van der Waals surface area contributed by atoms with Crippen LogP contribution >= 0.6 is 0 Å². The number of hydrogen-bond acceptors (Lipinski definition) is 9. The average molecular weight is 496 g/mol. The molecule has 4 aromatic rings. The van der Waals surface area contributed by atoms with E-state index in [9.17, 15) is 4.79 Å². The van der Waals surface area contributed by atoms with Crippen molar-refractivity contribution in [2.24, 2.45) is 0 Å². The largest absolute Gasteiger partial charge is 0.352 e. The highest BCUT2D eigenvalue weighted by Gasteiger charge is 2.21. The number of anilines is 4. The highest BCUT2D eigenvalue weighted by Crippen LogP contribution is 2.19. The zero-order valence-corrected chi connectivity index (χ0v) is 20.7. The minimum atomic E-state index is -0.0628. The maximum absolute atomic E-state index is 11.2. The Hall–Kier alpha value is -4.60. The molecule has 1 aliphatic rings. The van der Waals surface area contributed by atoms with Crippen molar-refractivity contribution in [2.45, 2.75) is 19.9 Å². The van der Waals surface area contributed by atoms with Crippen LogP contribution in [0.3, 0.4) is 0 Å². The Morgan fingerprint density at radius 2 is 1.51 bits per heavy atom. The third kappa shape index (κ3) is 6.54. The van der Waals surface area contributed by atoms with E-state index in [1.54, 1.807) is 0 Å². The summed E-state index contributed by atoms with van der Waals surface area (Å²) in [5.74, 6) is 1.79. The smallest absolute Gasteiger partial charge is 0.231 e. The van der Waals surface area contributed by atoms with Crippen molar-refractivity contribution in [1.82, 2.24) is 30.2 Å². The molecule has 0 spiro atoms. The quantitative estimate of drug-likeness (QED) is 0.381. The van der Waals surface area contributed by atoms with Crippen LogP contribution in [0.15, 0.2) is 73.3 Å². The van der Waals surface area contributed by atoms with E-state index in [2.05, 4.69) is 57.5 Å². The Morgan fingerprint density at radius 3 is 2.24 bits per heavy atom. The number of piperazine rings is 1. The Balaban J connectivity index is 1.17. The predicted octanol–water partition coefficient (Wildman–Crippen LogP) is 2.96. The Labute approximate surface area is 215 Å². The van der Waals surface area contributed by atoms with E-state index in [1.807, 2.05) is 54.9 Å². The zero-order valence-electron chi connectivity index (χ0n) is 20.7. The van der Waals surface area contributed by atoms with Crippen molar-refractivity contribution in [2.75, 3.05) is 41.3 Å². The molecule has 37 heavy (non-hydrogen) atoms. The zero-order chi connectivity index (χ0) is 25.5. The number of carbonyl (C=O) groups is 1. The van der Waals surface area contributed by atoms with Gasteiger partial charge in [-0.1, -0.05) is 42.5 Å². The SMILES string of the molecule is CC(=O)NCc1cccc(Nc2ncnc(N3CCN(c4ncc(Cc5ccccc5)cn4)CC3)n2)c1. The predicted molar refractivity (Wildman–Crippen MR) is 143 cm³/mol. The monoisotopic (exact) mass is 495 g/mol. The molecule has 10 nitrogen and oxygen atoms in total. The van der Waals surface area contributed by atoms with Gasteiger partial charge >= 0.3 is 0 Å². The van der Waals surface area contributed by atoms with Crippen LogP contribution in [0, 0.1) is 0 Å². The van der Waals surface area contributed by atoms with E-state index in [-0.39, 0.29) is 5.91 Å². The summed E-state index contributed by atoms with van der Waals surface area (Å²) < 4.78 is 0. The van der Waals surface area contributed by atoms with Crippen LogP contribution in [0.25, 0.3) is 0 Å². The van der Waals surface area contributed by atoms with Crippen molar-refractivity contribution >= 4 is 29.4 Å². The summed E-state index contributed by atoms with van der Waals surface area (Å²) in [7, 11) is 0. The number of hydrogen-bond donors (Lipinski definition) is 2. The fourth-order valence-corrected chi connectivity index (χ4v) is 4.16. The molecule has 1 amide bonds. The molecule has 0 bridgehead atoms. The van der Waals surface area contributed by atoms with Crippen molar-refractivity contribution in [1.29, 1.82) is 0 Å². The minimum absolute atomic E-state index is 0.0628. The molecule has 5 rings (SSSR count). The van der Waals surface area contributed by atoms with Crippen LogP contribution in [-0.2, 0) is 17.8 Å².